The predicted molar refractivity (Wildman–Crippen MR) is 293 cm³/mol. The minimum atomic E-state index is -0.770. The summed E-state index contributed by atoms with van der Waals surface area (Å²) in [5.41, 5.74) is 0. The predicted octanol–water partition coefficient (Wildman–Crippen LogP) is 20.3. The van der Waals surface area contributed by atoms with Crippen molar-refractivity contribution < 1.29 is 28.6 Å². The van der Waals surface area contributed by atoms with Crippen LogP contribution in [-0.2, 0) is 28.6 Å². The second-order valence-electron chi connectivity index (χ2n) is 20.6. The molecule has 0 fully saturated rings. The Morgan fingerprint density at radius 3 is 0.838 bits per heavy atom. The highest BCUT2D eigenvalue weighted by atomic mass is 16.6. The van der Waals surface area contributed by atoms with Crippen LogP contribution in [0, 0.1) is 0 Å². The highest BCUT2D eigenvalue weighted by Gasteiger charge is 2.19. The number of carbonyl (C=O) groups excluding carboxylic acids is 3. The van der Waals surface area contributed by atoms with Gasteiger partial charge < -0.3 is 14.2 Å². The van der Waals surface area contributed by atoms with Gasteiger partial charge in [-0.25, -0.2) is 0 Å². The van der Waals surface area contributed by atoms with Crippen molar-refractivity contribution in [3.05, 3.63) is 24.3 Å². The Morgan fingerprint density at radius 2 is 0.529 bits per heavy atom. The van der Waals surface area contributed by atoms with Crippen molar-refractivity contribution in [2.75, 3.05) is 13.2 Å². The van der Waals surface area contributed by atoms with Crippen LogP contribution in [-0.4, -0.2) is 37.2 Å². The van der Waals surface area contributed by atoms with Crippen molar-refractivity contribution in [1.29, 1.82) is 0 Å². The summed E-state index contributed by atoms with van der Waals surface area (Å²) >= 11 is 0. The standard InChI is InChI=1S/C62H116O6/c1-4-7-10-13-16-19-22-25-27-29-30-31-32-34-35-37-40-43-46-49-52-55-61(64)67-58-59(57-66-60(63)54-51-48-45-42-39-24-21-18-15-12-9-6-3)68-62(65)56-53-50-47-44-41-38-36-33-28-26-23-20-17-14-11-8-5-2/h17,20,26,28,59H,4-16,18-19,21-25,27,29-58H2,1-3H3/b20-17-,28-26-. The van der Waals surface area contributed by atoms with Crippen molar-refractivity contribution in [2.45, 2.75) is 341 Å². The van der Waals surface area contributed by atoms with Gasteiger partial charge in [-0.15, -0.1) is 0 Å². The largest absolute Gasteiger partial charge is 0.462 e. The fourth-order valence-corrected chi connectivity index (χ4v) is 9.12. The van der Waals surface area contributed by atoms with Crippen molar-refractivity contribution in [3.8, 4) is 0 Å². The minimum Gasteiger partial charge on any atom is -0.462 e. The van der Waals surface area contributed by atoms with Crippen LogP contribution in [0.1, 0.15) is 335 Å². The first-order chi connectivity index (χ1) is 33.5. The Kier molecular flexibility index (Phi) is 55.7. The molecule has 0 aliphatic carbocycles. The Morgan fingerprint density at radius 1 is 0.294 bits per heavy atom. The second kappa shape index (κ2) is 57.5. The van der Waals surface area contributed by atoms with Gasteiger partial charge in [0.1, 0.15) is 13.2 Å². The number of hydrogen-bond acceptors (Lipinski definition) is 6. The summed E-state index contributed by atoms with van der Waals surface area (Å²) < 4.78 is 16.9. The smallest absolute Gasteiger partial charge is 0.306 e. The van der Waals surface area contributed by atoms with E-state index in [9.17, 15) is 14.4 Å². The van der Waals surface area contributed by atoms with Gasteiger partial charge in [0.25, 0.3) is 0 Å². The summed E-state index contributed by atoms with van der Waals surface area (Å²) in [6.45, 7) is 6.66. The van der Waals surface area contributed by atoms with E-state index >= 15 is 0 Å². The zero-order valence-electron chi connectivity index (χ0n) is 45.9. The number of carbonyl (C=O) groups is 3. The van der Waals surface area contributed by atoms with Gasteiger partial charge in [-0.2, -0.15) is 0 Å². The summed E-state index contributed by atoms with van der Waals surface area (Å²) in [5.74, 6) is -0.853. The number of allylic oxidation sites excluding steroid dienone is 4. The molecule has 0 aliphatic rings. The van der Waals surface area contributed by atoms with Crippen molar-refractivity contribution in [3.63, 3.8) is 0 Å². The zero-order valence-corrected chi connectivity index (χ0v) is 45.9. The number of esters is 3. The fourth-order valence-electron chi connectivity index (χ4n) is 9.12. The van der Waals surface area contributed by atoms with Gasteiger partial charge in [-0.05, 0) is 51.4 Å². The third-order valence-electron chi connectivity index (χ3n) is 13.7. The van der Waals surface area contributed by atoms with Gasteiger partial charge in [-0.3, -0.25) is 14.4 Å². The molecule has 0 aromatic heterocycles. The molecule has 0 aromatic carbocycles. The molecule has 0 N–H and O–H groups in total. The van der Waals surface area contributed by atoms with E-state index in [2.05, 4.69) is 45.1 Å². The molecule has 0 saturated heterocycles. The molecule has 68 heavy (non-hydrogen) atoms. The monoisotopic (exact) mass is 957 g/mol. The molecule has 0 saturated carbocycles. The lowest BCUT2D eigenvalue weighted by atomic mass is 10.0. The molecule has 1 atom stereocenters. The normalized spacial score (nSPS) is 12.1. The number of rotatable bonds is 56. The van der Waals surface area contributed by atoms with E-state index in [0.717, 1.165) is 70.6 Å². The molecule has 0 spiro atoms. The molecule has 0 heterocycles. The highest BCUT2D eigenvalue weighted by molar-refractivity contribution is 5.71. The minimum absolute atomic E-state index is 0.0688. The molecule has 0 rings (SSSR count). The summed E-state index contributed by atoms with van der Waals surface area (Å²) in [6.07, 6.45) is 67.5. The summed E-state index contributed by atoms with van der Waals surface area (Å²) in [5, 5.41) is 0. The SMILES string of the molecule is CCCCC/C=C\C/C=C\CCCCCCCCCC(=O)OC(COC(=O)CCCCCCCCCCCCCC)COC(=O)CCCCCCCCCCCCCCCCCCCCCCC. The van der Waals surface area contributed by atoms with Crippen LogP contribution in [0.25, 0.3) is 0 Å². The van der Waals surface area contributed by atoms with E-state index in [1.165, 1.54) is 225 Å². The third-order valence-corrected chi connectivity index (χ3v) is 13.7. The Hall–Kier alpha value is -2.11. The van der Waals surface area contributed by atoms with E-state index < -0.39 is 6.10 Å². The average Bonchev–Trinajstić information content (AvgIpc) is 3.34. The quantitative estimate of drug-likeness (QED) is 0.0262. The molecule has 0 radical (unpaired) electrons. The topological polar surface area (TPSA) is 78.9 Å². The maximum Gasteiger partial charge on any atom is 0.306 e. The number of hydrogen-bond donors (Lipinski definition) is 0. The molecular formula is C62H116O6. The Balaban J connectivity index is 4.27. The maximum absolute atomic E-state index is 12.9. The molecular weight excluding hydrogens is 841 g/mol. The number of unbranched alkanes of at least 4 members (excludes halogenated alkanes) is 41. The maximum atomic E-state index is 12.9. The molecule has 0 aromatic rings. The van der Waals surface area contributed by atoms with Gasteiger partial charge in [0, 0.05) is 19.3 Å². The van der Waals surface area contributed by atoms with Gasteiger partial charge >= 0.3 is 17.9 Å². The van der Waals surface area contributed by atoms with Crippen LogP contribution in [0.15, 0.2) is 24.3 Å². The van der Waals surface area contributed by atoms with Crippen LogP contribution in [0.2, 0.25) is 0 Å². The average molecular weight is 958 g/mol. The summed E-state index contributed by atoms with van der Waals surface area (Å²) in [6, 6.07) is 0. The van der Waals surface area contributed by atoms with E-state index in [4.69, 9.17) is 14.2 Å². The van der Waals surface area contributed by atoms with E-state index in [-0.39, 0.29) is 31.1 Å². The first kappa shape index (κ1) is 65.9. The second-order valence-corrected chi connectivity index (χ2v) is 20.6. The molecule has 6 nitrogen and oxygen atoms in total. The highest BCUT2D eigenvalue weighted by Crippen LogP contribution is 2.17. The van der Waals surface area contributed by atoms with Crippen LogP contribution >= 0.6 is 0 Å². The lowest BCUT2D eigenvalue weighted by Crippen LogP contribution is -2.30. The van der Waals surface area contributed by atoms with Crippen molar-refractivity contribution in [1.82, 2.24) is 0 Å². The zero-order chi connectivity index (χ0) is 49.3. The van der Waals surface area contributed by atoms with E-state index in [0.29, 0.717) is 19.3 Å². The Bertz CT molecular complexity index is 1100. The van der Waals surface area contributed by atoms with Gasteiger partial charge in [0.05, 0.1) is 0 Å². The van der Waals surface area contributed by atoms with Crippen molar-refractivity contribution in [2.24, 2.45) is 0 Å². The van der Waals surface area contributed by atoms with Gasteiger partial charge in [0.15, 0.2) is 6.10 Å². The van der Waals surface area contributed by atoms with Crippen LogP contribution in [0.5, 0.6) is 0 Å². The van der Waals surface area contributed by atoms with Gasteiger partial charge in [0.2, 0.25) is 0 Å². The van der Waals surface area contributed by atoms with Gasteiger partial charge in [-0.1, -0.05) is 289 Å². The third kappa shape index (κ3) is 54.8. The van der Waals surface area contributed by atoms with Crippen LogP contribution in [0.4, 0.5) is 0 Å². The molecule has 400 valence electrons. The lowest BCUT2D eigenvalue weighted by molar-refractivity contribution is -0.167. The van der Waals surface area contributed by atoms with E-state index in [1.807, 2.05) is 0 Å². The molecule has 0 bridgehead atoms. The van der Waals surface area contributed by atoms with Crippen molar-refractivity contribution >= 4 is 17.9 Å². The lowest BCUT2D eigenvalue weighted by Gasteiger charge is -2.18. The first-order valence-corrected chi connectivity index (χ1v) is 30.3. The van der Waals surface area contributed by atoms with E-state index in [1.54, 1.807) is 0 Å². The molecule has 1 unspecified atom stereocenters. The summed E-state index contributed by atoms with van der Waals surface area (Å²) in [7, 11) is 0. The first-order valence-electron chi connectivity index (χ1n) is 30.3. The molecule has 6 heteroatoms. The molecule has 0 amide bonds. The molecule has 0 aliphatic heterocycles. The number of ether oxygens (including phenoxy) is 3. The summed E-state index contributed by atoms with van der Waals surface area (Å²) in [4.78, 5) is 38.2. The van der Waals surface area contributed by atoms with Crippen LogP contribution < -0.4 is 0 Å². The van der Waals surface area contributed by atoms with Crippen LogP contribution in [0.3, 0.4) is 0 Å². The fraction of sp³-hybridized carbons (Fsp3) is 0.887. The Labute approximate surface area is 423 Å².